The average Bonchev–Trinajstić information content (AvgIpc) is 3.68. The zero-order valence-corrected chi connectivity index (χ0v) is 39.6. The van der Waals surface area contributed by atoms with Gasteiger partial charge >= 0.3 is 5.97 Å². The quantitative estimate of drug-likeness (QED) is 0.103. The summed E-state index contributed by atoms with van der Waals surface area (Å²) in [6, 6.07) is 7.64. The number of aromatic nitrogens is 2. The van der Waals surface area contributed by atoms with Crippen molar-refractivity contribution in [2.75, 3.05) is 19.0 Å². The summed E-state index contributed by atoms with van der Waals surface area (Å²) < 4.78 is 62.8. The van der Waals surface area contributed by atoms with Gasteiger partial charge in [0.2, 0.25) is 13.3 Å². The zero-order chi connectivity index (χ0) is 46.0. The first-order valence-corrected chi connectivity index (χ1v) is 26.1. The lowest BCUT2D eigenvalue weighted by Crippen LogP contribution is -2.45. The molecule has 1 amide bonds. The number of methoxy groups -OCH3 is 1. The summed E-state index contributed by atoms with van der Waals surface area (Å²) >= 11 is 8.31. The Morgan fingerprint density at radius 2 is 1.69 bits per heavy atom. The predicted molar refractivity (Wildman–Crippen MR) is 247 cm³/mol. The largest absolute Gasteiger partial charge is 0.495 e. The summed E-state index contributed by atoms with van der Waals surface area (Å²) in [4.78, 5) is 66.5. The lowest BCUT2D eigenvalue weighted by atomic mass is 9.94. The maximum atomic E-state index is 15.0. The Kier molecular flexibility index (Phi) is 14.5. The highest BCUT2D eigenvalue weighted by molar-refractivity contribution is 7.59. The highest BCUT2D eigenvalue weighted by Gasteiger charge is 2.66. The molecule has 2 aliphatic heterocycles. The Bertz CT molecular complexity index is 2450. The van der Waals surface area contributed by atoms with Crippen molar-refractivity contribution in [3.8, 4) is 22.9 Å². The van der Waals surface area contributed by atoms with Crippen LogP contribution in [0.25, 0.3) is 22.3 Å². The summed E-state index contributed by atoms with van der Waals surface area (Å²) in [5, 5.41) is 5.30. The molecule has 0 bridgehead atoms. The standard InChI is InChI=1S/C48H58ClF2N4O8PS/c1-28(2)52-47-54-38(27-65-47)37-22-42(33-18-19-41(61-3)44(49)45(33)53-37)62-32-21-39-40(56)24-48(64(59,60)26-34-35(50)16-11-17-36(34)51)23-30(48)13-8-6-4-5-7-12-29(46(58)55(39)25-32)20-43(57)63-31-14-9-10-15-31/h11,16-19,22,27-32,39H,4-10,12-15,20-21,23-26H2,1-3H3,(H,52,54)(H,59,60)/t29-,30-,32?,39+,48-/m1/s1. The van der Waals surface area contributed by atoms with E-state index in [1.165, 1.54) is 29.4 Å². The van der Waals surface area contributed by atoms with Crippen molar-refractivity contribution in [2.45, 2.75) is 146 Å². The number of ether oxygens (including phenoxy) is 3. The van der Waals surface area contributed by atoms with Crippen LogP contribution in [0.2, 0.25) is 5.02 Å². The average molecular weight is 956 g/mol. The minimum Gasteiger partial charge on any atom is -0.495 e. The van der Waals surface area contributed by atoms with Crippen LogP contribution in [-0.2, 0) is 29.8 Å². The fourth-order valence-corrected chi connectivity index (χ4v) is 14.0. The number of thiazole rings is 1. The Labute approximate surface area is 387 Å². The minimum absolute atomic E-state index is 0.0146. The van der Waals surface area contributed by atoms with Gasteiger partial charge in [0.1, 0.15) is 46.1 Å². The number of Topliss-reactive ketones (excluding diaryl/α,β-unsaturated/α-hetero) is 1. The Morgan fingerprint density at radius 3 is 2.42 bits per heavy atom. The lowest BCUT2D eigenvalue weighted by Gasteiger charge is -2.30. The van der Waals surface area contributed by atoms with E-state index in [1.807, 2.05) is 19.2 Å². The minimum atomic E-state index is -4.44. The number of benzene rings is 2. The first-order chi connectivity index (χ1) is 31.2. The third-order valence-electron chi connectivity index (χ3n) is 13.7. The Morgan fingerprint density at radius 1 is 0.985 bits per heavy atom. The number of halogens is 3. The van der Waals surface area contributed by atoms with Crippen LogP contribution in [0.1, 0.15) is 116 Å². The van der Waals surface area contributed by atoms with Crippen LogP contribution >= 0.6 is 30.3 Å². The van der Waals surface area contributed by atoms with Crippen LogP contribution in [0.5, 0.6) is 11.5 Å². The molecule has 2 N–H and O–H groups in total. The van der Waals surface area contributed by atoms with Gasteiger partial charge in [0.05, 0.1) is 48.6 Å². The van der Waals surface area contributed by atoms with Crippen molar-refractivity contribution in [2.24, 2.45) is 11.8 Å². The van der Waals surface area contributed by atoms with Gasteiger partial charge in [-0.3, -0.25) is 18.9 Å². The molecule has 65 heavy (non-hydrogen) atoms. The summed E-state index contributed by atoms with van der Waals surface area (Å²) in [6.45, 7) is 4.02. The van der Waals surface area contributed by atoms with Crippen LogP contribution in [0.4, 0.5) is 13.9 Å². The maximum absolute atomic E-state index is 15.0. The van der Waals surface area contributed by atoms with Gasteiger partial charge in [-0.2, -0.15) is 0 Å². The van der Waals surface area contributed by atoms with E-state index in [0.717, 1.165) is 63.5 Å². The molecule has 2 saturated carbocycles. The Hall–Kier alpha value is -4.17. The molecule has 2 saturated heterocycles. The van der Waals surface area contributed by atoms with Gasteiger partial charge in [0.15, 0.2) is 10.9 Å². The van der Waals surface area contributed by atoms with Gasteiger partial charge in [-0.1, -0.05) is 49.8 Å². The molecule has 0 radical (unpaired) electrons. The van der Waals surface area contributed by atoms with Crippen molar-refractivity contribution in [3.05, 3.63) is 64.0 Å². The smallest absolute Gasteiger partial charge is 0.306 e. The summed E-state index contributed by atoms with van der Waals surface area (Å²) in [5.41, 5.74) is 0.973. The second kappa shape index (κ2) is 20.0. The molecule has 4 heterocycles. The van der Waals surface area contributed by atoms with E-state index < -0.39 is 65.7 Å². The van der Waals surface area contributed by atoms with Gasteiger partial charge in [-0.05, 0) is 89.0 Å². The number of esters is 1. The van der Waals surface area contributed by atoms with E-state index >= 15 is 8.78 Å². The van der Waals surface area contributed by atoms with Crippen molar-refractivity contribution in [1.29, 1.82) is 0 Å². The first kappa shape index (κ1) is 47.3. The van der Waals surface area contributed by atoms with Gasteiger partial charge in [0.25, 0.3) is 0 Å². The van der Waals surface area contributed by atoms with E-state index in [1.54, 1.807) is 18.2 Å². The van der Waals surface area contributed by atoms with Gasteiger partial charge in [0, 0.05) is 47.2 Å². The van der Waals surface area contributed by atoms with E-state index in [0.29, 0.717) is 58.2 Å². The normalized spacial score (nSPS) is 25.4. The number of nitrogens with zero attached hydrogens (tertiary/aromatic N) is 3. The number of carbonyl (C=O) groups is 3. The molecule has 8 rings (SSSR count). The number of hydrogen-bond acceptors (Lipinski definition) is 11. The van der Waals surface area contributed by atoms with E-state index in [2.05, 4.69) is 5.32 Å². The van der Waals surface area contributed by atoms with Crippen molar-refractivity contribution < 1.29 is 46.8 Å². The third-order valence-corrected chi connectivity index (χ3v) is 17.7. The number of rotatable bonds is 12. The van der Waals surface area contributed by atoms with Crippen molar-refractivity contribution in [3.63, 3.8) is 0 Å². The number of pyridine rings is 1. The SMILES string of the molecule is COc1ccc2c(OC3C[C@H]4C(=O)C[C@]5(P(=O)(O)Cc6c(F)cccc6F)C[C@H]5CCCCCCC[C@H](CC(=O)OC5CCCC5)C(=O)N4C3)cc(-c3csc(NC(C)C)n3)nc2c1Cl. The molecule has 4 fully saturated rings. The van der Waals surface area contributed by atoms with Crippen LogP contribution in [0.15, 0.2) is 41.8 Å². The highest BCUT2D eigenvalue weighted by Crippen LogP contribution is 2.75. The van der Waals surface area contributed by atoms with E-state index in [-0.39, 0.29) is 61.2 Å². The molecule has 0 spiro atoms. The number of anilines is 1. The van der Waals surface area contributed by atoms with E-state index in [9.17, 15) is 23.8 Å². The van der Waals surface area contributed by atoms with Crippen LogP contribution in [0.3, 0.4) is 0 Å². The molecule has 4 aromatic rings. The fourth-order valence-electron chi connectivity index (χ4n) is 10.2. The molecular formula is C48H58ClF2N4O8PS. The third kappa shape index (κ3) is 10.4. The molecule has 2 aliphatic carbocycles. The molecule has 17 heteroatoms. The summed E-state index contributed by atoms with van der Waals surface area (Å²) in [6.07, 6.45) is 6.64. The second-order valence-corrected chi connectivity index (χ2v) is 22.5. The number of nitrogens with one attached hydrogen (secondary N) is 1. The topological polar surface area (TPSA) is 157 Å². The molecule has 350 valence electrons. The molecule has 2 unspecified atom stereocenters. The molecular weight excluding hydrogens is 897 g/mol. The van der Waals surface area contributed by atoms with Crippen LogP contribution < -0.4 is 14.8 Å². The van der Waals surface area contributed by atoms with Crippen molar-refractivity contribution in [1.82, 2.24) is 14.9 Å². The number of fused-ring (bicyclic) bond motifs is 3. The Balaban J connectivity index is 1.14. The second-order valence-electron chi connectivity index (χ2n) is 18.7. The molecule has 12 nitrogen and oxygen atoms in total. The highest BCUT2D eigenvalue weighted by atomic mass is 35.5. The molecule has 2 aromatic heterocycles. The van der Waals surface area contributed by atoms with Gasteiger partial charge in [-0.25, -0.2) is 18.7 Å². The first-order valence-electron chi connectivity index (χ1n) is 23.0. The van der Waals surface area contributed by atoms with Crippen LogP contribution in [0, 0.1) is 23.5 Å². The fraction of sp³-hybridized carbons (Fsp3) is 0.562. The monoisotopic (exact) mass is 954 g/mol. The number of carbonyl (C=O) groups excluding carboxylic acids is 3. The predicted octanol–water partition coefficient (Wildman–Crippen LogP) is 10.9. The lowest BCUT2D eigenvalue weighted by molar-refractivity contribution is -0.154. The van der Waals surface area contributed by atoms with Gasteiger partial charge < -0.3 is 29.3 Å². The molecule has 2 aromatic carbocycles. The van der Waals surface area contributed by atoms with Crippen molar-refractivity contribution >= 4 is 64.0 Å². The summed E-state index contributed by atoms with van der Waals surface area (Å²) in [7, 11) is -2.93. The van der Waals surface area contributed by atoms with Gasteiger partial charge in [-0.15, -0.1) is 11.3 Å². The maximum Gasteiger partial charge on any atom is 0.306 e. The number of hydrogen-bond donors (Lipinski definition) is 2. The van der Waals surface area contributed by atoms with E-state index in [4.69, 9.17) is 35.8 Å². The van der Waals surface area contributed by atoms with Crippen LogP contribution in [-0.4, -0.2) is 80.5 Å². The zero-order valence-electron chi connectivity index (χ0n) is 37.2. The summed E-state index contributed by atoms with van der Waals surface area (Å²) in [5.74, 6) is -3.39. The number of amides is 1. The molecule has 6 atom stereocenters. The number of ketones is 1. The molecule has 4 aliphatic rings.